The second-order valence-corrected chi connectivity index (χ2v) is 5.90. The number of hydrogen-bond acceptors (Lipinski definition) is 4. The minimum atomic E-state index is -0.190. The summed E-state index contributed by atoms with van der Waals surface area (Å²) in [6.07, 6.45) is 0.639. The molecule has 1 N–H and O–H groups in total. The summed E-state index contributed by atoms with van der Waals surface area (Å²) < 4.78 is 18.9. The third-order valence-electron chi connectivity index (χ3n) is 3.91. The average molecular weight is 325 g/mol. The number of hydrogen-bond donors (Lipinski definition) is 1. The van der Waals surface area contributed by atoms with Crippen LogP contribution in [0.3, 0.4) is 0 Å². The van der Waals surface area contributed by atoms with Crippen LogP contribution in [-0.2, 0) is 13.0 Å². The zero-order valence-corrected chi connectivity index (χ0v) is 13.8. The van der Waals surface area contributed by atoms with Crippen molar-refractivity contribution in [1.82, 2.24) is 15.5 Å². The van der Waals surface area contributed by atoms with Crippen LogP contribution in [0, 0.1) is 12.7 Å². The van der Waals surface area contributed by atoms with Gasteiger partial charge in [-0.05, 0) is 36.6 Å². The molecule has 1 unspecified atom stereocenters. The lowest BCUT2D eigenvalue weighted by Crippen LogP contribution is -2.18. The van der Waals surface area contributed by atoms with Gasteiger partial charge in [-0.2, -0.15) is 4.98 Å². The van der Waals surface area contributed by atoms with Crippen molar-refractivity contribution in [3.8, 4) is 0 Å². The predicted molar refractivity (Wildman–Crippen MR) is 89.9 cm³/mol. The molecule has 2 aromatic carbocycles. The van der Waals surface area contributed by atoms with Crippen LogP contribution in [0.5, 0.6) is 0 Å². The van der Waals surface area contributed by atoms with Crippen molar-refractivity contribution in [1.29, 1.82) is 0 Å². The number of nitrogens with zero attached hydrogens (tertiary/aromatic N) is 2. The summed E-state index contributed by atoms with van der Waals surface area (Å²) in [7, 11) is 0. The van der Waals surface area contributed by atoms with E-state index in [4.69, 9.17) is 4.52 Å². The molecule has 0 radical (unpaired) electrons. The Hall–Kier alpha value is -2.53. The molecule has 0 aliphatic heterocycles. The van der Waals surface area contributed by atoms with Crippen LogP contribution in [0.1, 0.15) is 41.4 Å². The van der Waals surface area contributed by atoms with Crippen molar-refractivity contribution < 1.29 is 8.91 Å². The van der Waals surface area contributed by atoms with Gasteiger partial charge in [0.1, 0.15) is 5.82 Å². The quantitative estimate of drug-likeness (QED) is 0.745. The van der Waals surface area contributed by atoms with Gasteiger partial charge >= 0.3 is 0 Å². The topological polar surface area (TPSA) is 51.0 Å². The first-order valence-electron chi connectivity index (χ1n) is 7.96. The highest BCUT2D eigenvalue weighted by Crippen LogP contribution is 2.14. The van der Waals surface area contributed by atoms with Gasteiger partial charge in [0.25, 0.3) is 0 Å². The average Bonchev–Trinajstić information content (AvgIpc) is 3.05. The van der Waals surface area contributed by atoms with Gasteiger partial charge in [0.15, 0.2) is 5.82 Å². The van der Waals surface area contributed by atoms with Crippen molar-refractivity contribution in [3.63, 3.8) is 0 Å². The highest BCUT2D eigenvalue weighted by molar-refractivity contribution is 5.23. The van der Waals surface area contributed by atoms with Crippen LogP contribution in [0.2, 0.25) is 0 Å². The first kappa shape index (κ1) is 16.3. The molecule has 5 heteroatoms. The second-order valence-electron chi connectivity index (χ2n) is 5.90. The predicted octanol–water partition coefficient (Wildman–Crippen LogP) is 3.96. The Bertz CT molecular complexity index is 801. The molecule has 0 aliphatic rings. The molecule has 0 aliphatic carbocycles. The molecule has 3 aromatic rings. The molecule has 0 saturated carbocycles. The molecule has 1 heterocycles. The summed E-state index contributed by atoms with van der Waals surface area (Å²) in [5, 5.41) is 7.30. The lowest BCUT2D eigenvalue weighted by molar-refractivity contribution is 0.336. The molecule has 0 bridgehead atoms. The van der Waals surface area contributed by atoms with Gasteiger partial charge in [0, 0.05) is 13.0 Å². The number of halogens is 1. The Morgan fingerprint density at radius 2 is 1.92 bits per heavy atom. The highest BCUT2D eigenvalue weighted by atomic mass is 19.1. The first-order valence-corrected chi connectivity index (χ1v) is 7.96. The van der Waals surface area contributed by atoms with Gasteiger partial charge < -0.3 is 9.84 Å². The van der Waals surface area contributed by atoms with Gasteiger partial charge in [0.2, 0.25) is 5.89 Å². The summed E-state index contributed by atoms with van der Waals surface area (Å²) >= 11 is 0. The van der Waals surface area contributed by atoms with Gasteiger partial charge in [-0.25, -0.2) is 4.39 Å². The zero-order chi connectivity index (χ0) is 16.9. The molecule has 4 nitrogen and oxygen atoms in total. The van der Waals surface area contributed by atoms with Crippen molar-refractivity contribution in [2.45, 2.75) is 32.9 Å². The molecule has 24 heavy (non-hydrogen) atoms. The van der Waals surface area contributed by atoms with Crippen LogP contribution in [-0.4, -0.2) is 10.1 Å². The fourth-order valence-corrected chi connectivity index (χ4v) is 2.40. The maximum absolute atomic E-state index is 13.6. The van der Waals surface area contributed by atoms with E-state index in [1.54, 1.807) is 19.1 Å². The van der Waals surface area contributed by atoms with Crippen molar-refractivity contribution in [2.24, 2.45) is 0 Å². The van der Waals surface area contributed by atoms with Gasteiger partial charge in [-0.15, -0.1) is 0 Å². The molecule has 0 spiro atoms. The third-order valence-corrected chi connectivity index (χ3v) is 3.91. The minimum Gasteiger partial charge on any atom is -0.338 e. The maximum Gasteiger partial charge on any atom is 0.243 e. The smallest absolute Gasteiger partial charge is 0.243 e. The third kappa shape index (κ3) is 4.06. The Labute approximate surface area is 140 Å². The van der Waals surface area contributed by atoms with E-state index in [1.165, 1.54) is 0 Å². The van der Waals surface area contributed by atoms with Crippen molar-refractivity contribution >= 4 is 0 Å². The SMILES string of the molecule is Cc1ccc(CNC(C)c2nc(Cc3ccccc3)no2)cc1F. The van der Waals surface area contributed by atoms with E-state index < -0.39 is 0 Å². The number of benzene rings is 2. The van der Waals surface area contributed by atoms with E-state index in [1.807, 2.05) is 43.3 Å². The molecule has 0 fully saturated rings. The standard InChI is InChI=1S/C19H20FN3O/c1-13-8-9-16(10-17(13)20)12-21-14(2)19-22-18(23-24-19)11-15-6-4-3-5-7-15/h3-10,14,21H,11-12H2,1-2H3. The normalized spacial score (nSPS) is 12.3. The monoisotopic (exact) mass is 325 g/mol. The summed E-state index contributed by atoms with van der Waals surface area (Å²) in [6.45, 7) is 4.24. The van der Waals surface area contributed by atoms with Crippen LogP contribution in [0.15, 0.2) is 53.1 Å². The summed E-state index contributed by atoms with van der Waals surface area (Å²) in [6, 6.07) is 15.1. The van der Waals surface area contributed by atoms with Crippen LogP contribution < -0.4 is 5.32 Å². The highest BCUT2D eigenvalue weighted by Gasteiger charge is 2.14. The van der Waals surface area contributed by atoms with Crippen molar-refractivity contribution in [3.05, 3.63) is 82.8 Å². The van der Waals surface area contributed by atoms with Crippen molar-refractivity contribution in [2.75, 3.05) is 0 Å². The van der Waals surface area contributed by atoms with E-state index in [2.05, 4.69) is 15.5 Å². The van der Waals surface area contributed by atoms with E-state index in [9.17, 15) is 4.39 Å². The molecule has 1 aromatic heterocycles. The van der Waals surface area contributed by atoms with Gasteiger partial charge in [-0.3, -0.25) is 0 Å². The Morgan fingerprint density at radius 1 is 1.12 bits per heavy atom. The van der Waals surface area contributed by atoms with E-state index in [0.717, 1.165) is 11.1 Å². The number of aryl methyl sites for hydroxylation is 1. The molecule has 124 valence electrons. The molecule has 1 atom stereocenters. The Balaban J connectivity index is 1.59. The minimum absolute atomic E-state index is 0.105. The fraction of sp³-hybridized carbons (Fsp3) is 0.263. The molecule has 3 rings (SSSR count). The Kier molecular flexibility index (Phi) is 5.01. The van der Waals surface area contributed by atoms with Gasteiger partial charge in [0.05, 0.1) is 6.04 Å². The number of rotatable bonds is 6. The maximum atomic E-state index is 13.6. The molecule has 0 saturated heterocycles. The summed E-state index contributed by atoms with van der Waals surface area (Å²) in [5.41, 5.74) is 2.67. The van der Waals surface area contributed by atoms with Crippen LogP contribution in [0.25, 0.3) is 0 Å². The molecule has 0 amide bonds. The number of aromatic nitrogens is 2. The van der Waals surface area contributed by atoms with Gasteiger partial charge in [-0.1, -0.05) is 47.6 Å². The largest absolute Gasteiger partial charge is 0.338 e. The zero-order valence-electron chi connectivity index (χ0n) is 13.8. The molecular formula is C19H20FN3O. The summed E-state index contributed by atoms with van der Waals surface area (Å²) in [5.74, 6) is 1.00. The molecular weight excluding hydrogens is 305 g/mol. The fourth-order valence-electron chi connectivity index (χ4n) is 2.40. The van der Waals surface area contributed by atoms with E-state index in [-0.39, 0.29) is 11.9 Å². The Morgan fingerprint density at radius 3 is 2.67 bits per heavy atom. The summed E-state index contributed by atoms with van der Waals surface area (Å²) in [4.78, 5) is 4.44. The van der Waals surface area contributed by atoms with E-state index >= 15 is 0 Å². The number of nitrogens with one attached hydrogen (secondary N) is 1. The first-order chi connectivity index (χ1) is 11.6. The van der Waals surface area contributed by atoms with Crippen LogP contribution >= 0.6 is 0 Å². The second kappa shape index (κ2) is 7.36. The van der Waals surface area contributed by atoms with Crippen LogP contribution in [0.4, 0.5) is 4.39 Å². The lowest BCUT2D eigenvalue weighted by Gasteiger charge is -2.10. The van der Waals surface area contributed by atoms with E-state index in [0.29, 0.717) is 30.2 Å². The lowest BCUT2D eigenvalue weighted by atomic mass is 10.1.